The summed E-state index contributed by atoms with van der Waals surface area (Å²) >= 11 is 1.44. The summed E-state index contributed by atoms with van der Waals surface area (Å²) in [6.45, 7) is 1.08. The molecule has 0 N–H and O–H groups in total. The molecular formula is C13H12N2OS. The van der Waals surface area contributed by atoms with Crippen molar-refractivity contribution in [3.63, 3.8) is 0 Å². The second-order valence-corrected chi connectivity index (χ2v) is 5.26. The Balaban J connectivity index is 2.02. The van der Waals surface area contributed by atoms with Crippen molar-refractivity contribution in [2.75, 3.05) is 18.5 Å². The molecule has 1 aliphatic heterocycles. The van der Waals surface area contributed by atoms with Crippen molar-refractivity contribution in [2.45, 2.75) is 6.42 Å². The molecular weight excluding hydrogens is 232 g/mol. The molecule has 4 heteroatoms. The van der Waals surface area contributed by atoms with Gasteiger partial charge in [-0.05, 0) is 30.2 Å². The first-order valence-electron chi connectivity index (χ1n) is 5.53. The standard InChI is InChI=1S/C13H12N2OS/c1-15-5-4-9-6-10(2-3-12(9)15)13-14-7-11(8-16)17-13/h2-3,6-8H,4-5H2,1H3. The highest BCUT2D eigenvalue weighted by atomic mass is 32.1. The zero-order chi connectivity index (χ0) is 11.8. The van der Waals surface area contributed by atoms with Crippen molar-refractivity contribution in [3.8, 4) is 10.6 Å². The minimum absolute atomic E-state index is 0.678. The topological polar surface area (TPSA) is 33.2 Å². The number of thiazole rings is 1. The Morgan fingerprint density at radius 2 is 2.35 bits per heavy atom. The van der Waals surface area contributed by atoms with Crippen LogP contribution < -0.4 is 4.90 Å². The molecule has 0 radical (unpaired) electrons. The van der Waals surface area contributed by atoms with Gasteiger partial charge in [0.1, 0.15) is 5.01 Å². The van der Waals surface area contributed by atoms with E-state index >= 15 is 0 Å². The summed E-state index contributed by atoms with van der Waals surface area (Å²) in [5, 5.41) is 0.921. The number of aldehydes is 1. The molecule has 0 bridgehead atoms. The first kappa shape index (κ1) is 10.5. The molecule has 0 spiro atoms. The SMILES string of the molecule is CN1CCc2cc(-c3ncc(C=O)s3)ccc21. The summed E-state index contributed by atoms with van der Waals surface area (Å²) in [5.41, 5.74) is 3.78. The molecule has 0 saturated carbocycles. The Hall–Kier alpha value is -1.68. The van der Waals surface area contributed by atoms with E-state index in [1.165, 1.54) is 22.6 Å². The molecule has 1 aliphatic rings. The third kappa shape index (κ3) is 1.74. The van der Waals surface area contributed by atoms with E-state index in [0.29, 0.717) is 4.88 Å². The first-order chi connectivity index (χ1) is 8.28. The van der Waals surface area contributed by atoms with Crippen LogP contribution in [0.2, 0.25) is 0 Å². The van der Waals surface area contributed by atoms with Crippen molar-refractivity contribution < 1.29 is 4.79 Å². The maximum absolute atomic E-state index is 10.6. The lowest BCUT2D eigenvalue weighted by Crippen LogP contribution is -2.12. The van der Waals surface area contributed by atoms with Crippen LogP contribution in [0, 0.1) is 0 Å². The zero-order valence-electron chi connectivity index (χ0n) is 9.51. The van der Waals surface area contributed by atoms with E-state index in [2.05, 4.69) is 35.1 Å². The molecule has 2 heterocycles. The van der Waals surface area contributed by atoms with E-state index < -0.39 is 0 Å². The van der Waals surface area contributed by atoms with Crippen molar-refractivity contribution in [1.29, 1.82) is 0 Å². The molecule has 0 amide bonds. The molecule has 0 fully saturated rings. The highest BCUT2D eigenvalue weighted by molar-refractivity contribution is 7.16. The van der Waals surface area contributed by atoms with E-state index in [0.717, 1.165) is 29.8 Å². The van der Waals surface area contributed by atoms with Crippen LogP contribution in [0.4, 0.5) is 5.69 Å². The molecule has 3 rings (SSSR count). The Kier molecular flexibility index (Phi) is 2.44. The van der Waals surface area contributed by atoms with Crippen LogP contribution in [0.3, 0.4) is 0 Å². The largest absolute Gasteiger partial charge is 0.374 e. The lowest BCUT2D eigenvalue weighted by molar-refractivity contribution is 0.112. The number of nitrogens with zero attached hydrogens (tertiary/aromatic N) is 2. The summed E-state index contributed by atoms with van der Waals surface area (Å²) in [6, 6.07) is 6.40. The van der Waals surface area contributed by atoms with Gasteiger partial charge in [-0.2, -0.15) is 0 Å². The van der Waals surface area contributed by atoms with Crippen LogP contribution in [0.15, 0.2) is 24.4 Å². The van der Waals surface area contributed by atoms with Gasteiger partial charge in [0.15, 0.2) is 6.29 Å². The quantitative estimate of drug-likeness (QED) is 0.761. The first-order valence-corrected chi connectivity index (χ1v) is 6.35. The van der Waals surface area contributed by atoms with Gasteiger partial charge < -0.3 is 4.90 Å². The summed E-state index contributed by atoms with van der Waals surface area (Å²) in [6.07, 6.45) is 3.57. The monoisotopic (exact) mass is 244 g/mol. The average Bonchev–Trinajstić information content (AvgIpc) is 2.96. The van der Waals surface area contributed by atoms with Crippen molar-refractivity contribution in [2.24, 2.45) is 0 Å². The fourth-order valence-corrected chi connectivity index (χ4v) is 2.90. The Morgan fingerprint density at radius 1 is 1.47 bits per heavy atom. The van der Waals surface area contributed by atoms with Crippen molar-refractivity contribution in [3.05, 3.63) is 34.8 Å². The number of benzene rings is 1. The molecule has 1 aromatic heterocycles. The number of fused-ring (bicyclic) bond motifs is 1. The van der Waals surface area contributed by atoms with Gasteiger partial charge in [-0.3, -0.25) is 4.79 Å². The number of carbonyl (C=O) groups excluding carboxylic acids is 1. The normalized spacial score (nSPS) is 13.8. The van der Waals surface area contributed by atoms with E-state index in [1.807, 2.05) is 0 Å². The van der Waals surface area contributed by atoms with Crippen molar-refractivity contribution >= 4 is 23.3 Å². The van der Waals surface area contributed by atoms with Gasteiger partial charge in [0.25, 0.3) is 0 Å². The van der Waals surface area contributed by atoms with Crippen LogP contribution >= 0.6 is 11.3 Å². The predicted octanol–water partition coefficient (Wildman–Crippen LogP) is 2.61. The van der Waals surface area contributed by atoms with E-state index in [4.69, 9.17) is 0 Å². The van der Waals surface area contributed by atoms with Crippen LogP contribution in [0.5, 0.6) is 0 Å². The lowest BCUT2D eigenvalue weighted by atomic mass is 10.1. The third-order valence-corrected chi connectivity index (χ3v) is 4.07. The molecule has 0 unspecified atom stereocenters. The second-order valence-electron chi connectivity index (χ2n) is 4.20. The van der Waals surface area contributed by atoms with E-state index in [1.54, 1.807) is 6.20 Å². The Bertz CT molecular complexity index is 577. The summed E-state index contributed by atoms with van der Waals surface area (Å²) < 4.78 is 0. The fraction of sp³-hybridized carbons (Fsp3) is 0.231. The number of anilines is 1. The second kappa shape index (κ2) is 3.96. The average molecular weight is 244 g/mol. The van der Waals surface area contributed by atoms with Gasteiger partial charge in [0.2, 0.25) is 0 Å². The molecule has 1 aromatic carbocycles. The van der Waals surface area contributed by atoms with Gasteiger partial charge in [-0.25, -0.2) is 4.98 Å². The van der Waals surface area contributed by atoms with Crippen LogP contribution in [0.1, 0.15) is 15.2 Å². The Morgan fingerprint density at radius 3 is 3.12 bits per heavy atom. The highest BCUT2D eigenvalue weighted by Crippen LogP contribution is 2.32. The summed E-state index contributed by atoms with van der Waals surface area (Å²) in [4.78, 5) is 17.9. The maximum atomic E-state index is 10.6. The van der Waals surface area contributed by atoms with Crippen LogP contribution in [-0.2, 0) is 6.42 Å². The predicted molar refractivity (Wildman–Crippen MR) is 69.9 cm³/mol. The smallest absolute Gasteiger partial charge is 0.161 e. The number of likely N-dealkylation sites (N-methyl/N-ethyl adjacent to an activating group) is 1. The minimum atomic E-state index is 0.678. The number of aromatic nitrogens is 1. The van der Waals surface area contributed by atoms with Gasteiger partial charge in [-0.15, -0.1) is 11.3 Å². The van der Waals surface area contributed by atoms with E-state index in [-0.39, 0.29) is 0 Å². The third-order valence-electron chi connectivity index (χ3n) is 3.09. The minimum Gasteiger partial charge on any atom is -0.374 e. The molecule has 2 aromatic rings. The van der Waals surface area contributed by atoms with Crippen LogP contribution in [0.25, 0.3) is 10.6 Å². The highest BCUT2D eigenvalue weighted by Gasteiger charge is 2.16. The molecule has 17 heavy (non-hydrogen) atoms. The number of carbonyl (C=O) groups is 1. The maximum Gasteiger partial charge on any atom is 0.161 e. The molecule has 0 atom stereocenters. The lowest BCUT2D eigenvalue weighted by Gasteiger charge is -2.11. The van der Waals surface area contributed by atoms with Crippen LogP contribution in [-0.4, -0.2) is 24.9 Å². The molecule has 3 nitrogen and oxygen atoms in total. The molecule has 0 saturated heterocycles. The van der Waals surface area contributed by atoms with Gasteiger partial charge in [-0.1, -0.05) is 0 Å². The molecule has 86 valence electrons. The van der Waals surface area contributed by atoms with Crippen molar-refractivity contribution in [1.82, 2.24) is 4.98 Å². The number of hydrogen-bond donors (Lipinski definition) is 0. The molecule has 0 aliphatic carbocycles. The van der Waals surface area contributed by atoms with E-state index in [9.17, 15) is 4.79 Å². The summed E-state index contributed by atoms with van der Waals surface area (Å²) in [7, 11) is 2.11. The Labute approximate surface area is 104 Å². The number of hydrogen-bond acceptors (Lipinski definition) is 4. The van der Waals surface area contributed by atoms with Gasteiger partial charge >= 0.3 is 0 Å². The van der Waals surface area contributed by atoms with Gasteiger partial charge in [0, 0.05) is 31.0 Å². The summed E-state index contributed by atoms with van der Waals surface area (Å²) in [5.74, 6) is 0. The number of rotatable bonds is 2. The zero-order valence-corrected chi connectivity index (χ0v) is 10.3. The fourth-order valence-electron chi connectivity index (χ4n) is 2.17. The van der Waals surface area contributed by atoms with Gasteiger partial charge in [0.05, 0.1) is 4.88 Å².